The van der Waals surface area contributed by atoms with Crippen LogP contribution in [0.15, 0.2) is 45.5 Å². The molecule has 1 aromatic carbocycles. The average Bonchev–Trinajstić information content (AvgIpc) is 3.13. The van der Waals surface area contributed by atoms with Crippen molar-refractivity contribution in [2.24, 2.45) is 0 Å². The highest BCUT2D eigenvalue weighted by Crippen LogP contribution is 2.42. The zero-order valence-electron chi connectivity index (χ0n) is 15.2. The summed E-state index contributed by atoms with van der Waals surface area (Å²) >= 11 is 9.48. The molecule has 0 bridgehead atoms. The second-order valence-corrected chi connectivity index (χ2v) is 7.79. The molecular formula is C20H19BrClNO5. The van der Waals surface area contributed by atoms with Crippen molar-refractivity contribution in [1.82, 2.24) is 4.90 Å². The summed E-state index contributed by atoms with van der Waals surface area (Å²) in [4.78, 5) is 39.2. The van der Waals surface area contributed by atoms with Gasteiger partial charge in [0.15, 0.2) is 17.1 Å². The van der Waals surface area contributed by atoms with Crippen LogP contribution in [0.4, 0.5) is 0 Å². The number of hydrogen-bond acceptors (Lipinski definition) is 5. The standard InChI is InChI=1S/C20H19BrClNO5/c1-23(18(25)12-27-19(26)15-9-10-17(21)28-15)20(11-5-4-8-16(20)24)13-6-2-3-7-14(13)22/h2-3,6-7,9-10H,4-5,8,11-12H2,1H3/t20-/m1/s1. The largest absolute Gasteiger partial charge is 0.450 e. The van der Waals surface area contributed by atoms with Gasteiger partial charge in [0.25, 0.3) is 5.91 Å². The number of carbonyl (C=O) groups is 3. The molecule has 0 aliphatic heterocycles. The summed E-state index contributed by atoms with van der Waals surface area (Å²) in [5.74, 6) is -1.33. The van der Waals surface area contributed by atoms with Crippen molar-refractivity contribution in [3.05, 3.63) is 57.4 Å². The van der Waals surface area contributed by atoms with Crippen LogP contribution in [0.1, 0.15) is 41.8 Å². The molecule has 2 aromatic rings. The summed E-state index contributed by atoms with van der Waals surface area (Å²) in [6.07, 6.45) is 2.39. The first-order valence-electron chi connectivity index (χ1n) is 8.83. The molecule has 1 aromatic heterocycles. The van der Waals surface area contributed by atoms with Crippen molar-refractivity contribution in [2.45, 2.75) is 31.2 Å². The van der Waals surface area contributed by atoms with Crippen molar-refractivity contribution < 1.29 is 23.5 Å². The van der Waals surface area contributed by atoms with Gasteiger partial charge in [-0.25, -0.2) is 4.79 Å². The van der Waals surface area contributed by atoms with Gasteiger partial charge in [0, 0.05) is 24.1 Å². The average molecular weight is 469 g/mol. The van der Waals surface area contributed by atoms with Crippen LogP contribution in [0, 0.1) is 0 Å². The van der Waals surface area contributed by atoms with Crippen LogP contribution in [0.5, 0.6) is 0 Å². The maximum absolute atomic E-state index is 13.0. The zero-order chi connectivity index (χ0) is 20.3. The van der Waals surface area contributed by atoms with Crippen molar-refractivity contribution in [1.29, 1.82) is 0 Å². The highest BCUT2D eigenvalue weighted by molar-refractivity contribution is 9.10. The fraction of sp³-hybridized carbons (Fsp3) is 0.350. The third kappa shape index (κ3) is 3.86. The molecular weight excluding hydrogens is 450 g/mol. The van der Waals surface area contributed by atoms with Crippen LogP contribution in [0.25, 0.3) is 0 Å². The number of rotatable bonds is 5. The number of esters is 1. The molecule has 0 saturated heterocycles. The molecule has 1 atom stereocenters. The summed E-state index contributed by atoms with van der Waals surface area (Å²) in [5.41, 5.74) is -0.563. The Balaban J connectivity index is 1.82. The Morgan fingerprint density at radius 1 is 1.25 bits per heavy atom. The third-order valence-electron chi connectivity index (χ3n) is 5.02. The van der Waals surface area contributed by atoms with Crippen LogP contribution in [0.3, 0.4) is 0 Å². The van der Waals surface area contributed by atoms with Gasteiger partial charge in [-0.15, -0.1) is 0 Å². The maximum atomic E-state index is 13.0. The van der Waals surface area contributed by atoms with Crippen LogP contribution >= 0.6 is 27.5 Å². The van der Waals surface area contributed by atoms with E-state index >= 15 is 0 Å². The number of halogens is 2. The number of likely N-dealkylation sites (N-methyl/N-ethyl adjacent to an activating group) is 1. The van der Waals surface area contributed by atoms with Gasteiger partial charge in [0.1, 0.15) is 5.54 Å². The summed E-state index contributed by atoms with van der Waals surface area (Å²) in [6.45, 7) is -0.507. The molecule has 0 spiro atoms. The van der Waals surface area contributed by atoms with E-state index in [1.54, 1.807) is 37.4 Å². The topological polar surface area (TPSA) is 76.8 Å². The van der Waals surface area contributed by atoms with E-state index in [4.69, 9.17) is 20.8 Å². The number of furan rings is 1. The van der Waals surface area contributed by atoms with Crippen LogP contribution in [-0.2, 0) is 19.9 Å². The van der Waals surface area contributed by atoms with Gasteiger partial charge in [-0.1, -0.05) is 29.8 Å². The summed E-state index contributed by atoms with van der Waals surface area (Å²) in [6, 6.07) is 10.0. The first-order chi connectivity index (χ1) is 13.4. The number of nitrogens with zero attached hydrogens (tertiary/aromatic N) is 1. The fourth-order valence-corrected chi connectivity index (χ4v) is 4.16. The van der Waals surface area contributed by atoms with Crippen LogP contribution in [-0.4, -0.2) is 36.2 Å². The molecule has 28 heavy (non-hydrogen) atoms. The number of amides is 1. The van der Waals surface area contributed by atoms with Gasteiger partial charge in [-0.3, -0.25) is 9.59 Å². The number of ketones is 1. The molecule has 1 saturated carbocycles. The SMILES string of the molecule is CN(C(=O)COC(=O)c1ccc(Br)o1)[C@@]1(c2ccccc2Cl)CCCCC1=O. The molecule has 6 nitrogen and oxygen atoms in total. The van der Waals surface area contributed by atoms with Crippen molar-refractivity contribution in [3.63, 3.8) is 0 Å². The van der Waals surface area contributed by atoms with E-state index in [2.05, 4.69) is 15.9 Å². The van der Waals surface area contributed by atoms with Crippen LogP contribution < -0.4 is 0 Å². The number of ether oxygens (including phenoxy) is 1. The Bertz CT molecular complexity index is 912. The summed E-state index contributed by atoms with van der Waals surface area (Å²) in [5, 5.41) is 0.426. The first kappa shape index (κ1) is 20.6. The molecule has 0 N–H and O–H groups in total. The molecule has 3 rings (SSSR count). The van der Waals surface area contributed by atoms with Gasteiger partial charge in [0.2, 0.25) is 5.76 Å². The highest BCUT2D eigenvalue weighted by Gasteiger charge is 2.48. The van der Waals surface area contributed by atoms with Crippen molar-refractivity contribution in [3.8, 4) is 0 Å². The predicted octanol–water partition coefficient (Wildman–Crippen LogP) is 4.35. The molecule has 1 aliphatic carbocycles. The van der Waals surface area contributed by atoms with Gasteiger partial charge >= 0.3 is 5.97 Å². The fourth-order valence-electron chi connectivity index (χ4n) is 3.56. The lowest BCUT2D eigenvalue weighted by atomic mass is 9.74. The minimum atomic E-state index is -1.16. The molecule has 1 aliphatic rings. The zero-order valence-corrected chi connectivity index (χ0v) is 17.6. The molecule has 148 valence electrons. The van der Waals surface area contributed by atoms with E-state index in [-0.39, 0.29) is 11.5 Å². The Labute approximate surface area is 175 Å². The summed E-state index contributed by atoms with van der Waals surface area (Å²) < 4.78 is 10.6. The lowest BCUT2D eigenvalue weighted by Gasteiger charge is -2.43. The number of carbonyl (C=O) groups excluding carboxylic acids is 3. The number of benzene rings is 1. The Kier molecular flexibility index (Phi) is 6.25. The van der Waals surface area contributed by atoms with E-state index in [0.717, 1.165) is 12.8 Å². The van der Waals surface area contributed by atoms with Crippen molar-refractivity contribution in [2.75, 3.05) is 13.7 Å². The lowest BCUT2D eigenvalue weighted by Crippen LogP contribution is -2.55. The highest BCUT2D eigenvalue weighted by atomic mass is 79.9. The monoisotopic (exact) mass is 467 g/mol. The molecule has 1 fully saturated rings. The van der Waals surface area contributed by atoms with Gasteiger partial charge < -0.3 is 14.1 Å². The lowest BCUT2D eigenvalue weighted by molar-refractivity contribution is -0.150. The number of Topliss-reactive ketones (excluding diaryl/α,β-unsaturated/α-hetero) is 1. The second-order valence-electron chi connectivity index (χ2n) is 6.60. The summed E-state index contributed by atoms with van der Waals surface area (Å²) in [7, 11) is 1.55. The Hall–Kier alpha value is -2.12. The van der Waals surface area contributed by atoms with Gasteiger partial charge in [0.05, 0.1) is 0 Å². The minimum absolute atomic E-state index is 0.0168. The predicted molar refractivity (Wildman–Crippen MR) is 106 cm³/mol. The van der Waals surface area contributed by atoms with Gasteiger partial charge in [-0.2, -0.15) is 0 Å². The van der Waals surface area contributed by atoms with Crippen molar-refractivity contribution >= 4 is 45.2 Å². The normalized spacial score (nSPS) is 19.3. The van der Waals surface area contributed by atoms with E-state index in [1.165, 1.54) is 11.0 Å². The third-order valence-corrected chi connectivity index (χ3v) is 5.78. The quantitative estimate of drug-likeness (QED) is 0.610. The van der Waals surface area contributed by atoms with E-state index in [9.17, 15) is 14.4 Å². The first-order valence-corrected chi connectivity index (χ1v) is 10.0. The number of hydrogen-bond donors (Lipinski definition) is 0. The molecule has 1 amide bonds. The second kappa shape index (κ2) is 8.49. The molecule has 1 heterocycles. The molecule has 8 heteroatoms. The molecule has 0 unspecified atom stereocenters. The Morgan fingerprint density at radius 3 is 2.64 bits per heavy atom. The van der Waals surface area contributed by atoms with E-state index in [1.807, 2.05) is 0 Å². The smallest absolute Gasteiger partial charge is 0.374 e. The maximum Gasteiger partial charge on any atom is 0.374 e. The molecule has 0 radical (unpaired) electrons. The minimum Gasteiger partial charge on any atom is -0.450 e. The Morgan fingerprint density at radius 2 is 2.00 bits per heavy atom. The van der Waals surface area contributed by atoms with Gasteiger partial charge in [-0.05, 0) is 53.4 Å². The van der Waals surface area contributed by atoms with E-state index in [0.29, 0.717) is 28.1 Å². The van der Waals surface area contributed by atoms with Crippen LogP contribution in [0.2, 0.25) is 5.02 Å². The van der Waals surface area contributed by atoms with E-state index < -0.39 is 24.0 Å².